The van der Waals surface area contributed by atoms with Crippen LogP contribution in [0.3, 0.4) is 0 Å². The number of halogens is 1. The third-order valence-electron chi connectivity index (χ3n) is 3.19. The molecule has 2 rings (SSSR count). The van der Waals surface area contributed by atoms with Gasteiger partial charge >= 0.3 is 0 Å². The number of nitrogens with one attached hydrogen (secondary N) is 2. The molecule has 4 heteroatoms. The Morgan fingerprint density at radius 3 is 2.60 bits per heavy atom. The molecule has 0 spiro atoms. The Morgan fingerprint density at radius 1 is 1.20 bits per heavy atom. The lowest BCUT2D eigenvalue weighted by Crippen LogP contribution is -2.30. The molecule has 0 saturated carbocycles. The van der Waals surface area contributed by atoms with Gasteiger partial charge in [0.15, 0.2) is 0 Å². The Bertz CT molecular complexity index is 612. The molecule has 0 radical (unpaired) electrons. The third-order valence-corrected chi connectivity index (χ3v) is 3.88. The fraction of sp³-hybridized carbons (Fsp3) is 0.312. The zero-order valence-corrected chi connectivity index (χ0v) is 13.3. The summed E-state index contributed by atoms with van der Waals surface area (Å²) >= 11 is 3.54. The number of anilines is 1. The van der Waals surface area contributed by atoms with E-state index in [-0.39, 0.29) is 11.9 Å². The van der Waals surface area contributed by atoms with Gasteiger partial charge < -0.3 is 10.6 Å². The molecule has 1 amide bonds. The summed E-state index contributed by atoms with van der Waals surface area (Å²) < 4.78 is 1.03. The molecule has 2 aromatic rings. The smallest absolute Gasteiger partial charge is 0.225 e. The summed E-state index contributed by atoms with van der Waals surface area (Å²) in [4.78, 5) is 12.1. The van der Waals surface area contributed by atoms with Crippen LogP contribution in [0.1, 0.15) is 20.3 Å². The molecule has 3 nitrogen and oxygen atoms in total. The first-order valence-electron chi connectivity index (χ1n) is 6.82. The van der Waals surface area contributed by atoms with Crippen LogP contribution < -0.4 is 10.6 Å². The second-order valence-electron chi connectivity index (χ2n) is 4.85. The van der Waals surface area contributed by atoms with Crippen LogP contribution in [0.5, 0.6) is 0 Å². The van der Waals surface area contributed by atoms with Crippen LogP contribution in [0, 0.1) is 0 Å². The summed E-state index contributed by atoms with van der Waals surface area (Å²) in [7, 11) is 0. The van der Waals surface area contributed by atoms with E-state index in [4.69, 9.17) is 0 Å². The number of amides is 1. The predicted octanol–water partition coefficient (Wildman–Crippen LogP) is 3.93. The highest BCUT2D eigenvalue weighted by atomic mass is 79.9. The Morgan fingerprint density at radius 2 is 1.90 bits per heavy atom. The molecule has 2 N–H and O–H groups in total. The summed E-state index contributed by atoms with van der Waals surface area (Å²) in [5.41, 5.74) is 0.859. The summed E-state index contributed by atoms with van der Waals surface area (Å²) in [6, 6.07) is 12.1. The molecule has 0 fully saturated rings. The number of fused-ring (bicyclic) bond motifs is 1. The lowest BCUT2D eigenvalue weighted by Gasteiger charge is -2.13. The standard InChI is InChI=1S/C16H19BrN2O/c1-3-18-11(2)10-16(20)19-15-9-8-14(17)12-6-4-5-7-13(12)15/h4-9,11,18H,3,10H2,1-2H3,(H,19,20). The van der Waals surface area contributed by atoms with E-state index in [1.54, 1.807) is 0 Å². The van der Waals surface area contributed by atoms with Gasteiger partial charge in [0.2, 0.25) is 5.91 Å². The number of hydrogen-bond donors (Lipinski definition) is 2. The van der Waals surface area contributed by atoms with Crippen LogP contribution in [0.25, 0.3) is 10.8 Å². The lowest BCUT2D eigenvalue weighted by atomic mass is 10.1. The van der Waals surface area contributed by atoms with Crippen LogP contribution >= 0.6 is 15.9 Å². The maximum atomic E-state index is 12.1. The quantitative estimate of drug-likeness (QED) is 0.869. The molecule has 0 aromatic heterocycles. The van der Waals surface area contributed by atoms with E-state index in [1.165, 1.54) is 0 Å². The first kappa shape index (κ1) is 15.0. The van der Waals surface area contributed by atoms with Crippen molar-refractivity contribution in [2.24, 2.45) is 0 Å². The normalized spacial score (nSPS) is 12.3. The van der Waals surface area contributed by atoms with Gasteiger partial charge in [0.1, 0.15) is 0 Å². The summed E-state index contributed by atoms with van der Waals surface area (Å²) in [5, 5.41) is 8.39. The largest absolute Gasteiger partial charge is 0.325 e. The Hall–Kier alpha value is -1.39. The number of benzene rings is 2. The van der Waals surface area contributed by atoms with Crippen LogP contribution in [0.15, 0.2) is 40.9 Å². The summed E-state index contributed by atoms with van der Waals surface area (Å²) in [5.74, 6) is 0.0333. The molecule has 1 atom stereocenters. The minimum Gasteiger partial charge on any atom is -0.325 e. The van der Waals surface area contributed by atoms with E-state index in [0.717, 1.165) is 27.5 Å². The molecule has 0 aliphatic rings. The van der Waals surface area contributed by atoms with Crippen molar-refractivity contribution < 1.29 is 4.79 Å². The average molecular weight is 335 g/mol. The van der Waals surface area contributed by atoms with Crippen molar-refractivity contribution in [1.29, 1.82) is 0 Å². The number of carbonyl (C=O) groups excluding carboxylic acids is 1. The van der Waals surface area contributed by atoms with Gasteiger partial charge in [-0.05, 0) is 31.0 Å². The molecule has 0 heterocycles. The van der Waals surface area contributed by atoms with Gasteiger partial charge in [0.25, 0.3) is 0 Å². The molecule has 106 valence electrons. The van der Waals surface area contributed by atoms with Gasteiger partial charge in [0.05, 0.1) is 0 Å². The molecule has 0 aliphatic carbocycles. The lowest BCUT2D eigenvalue weighted by molar-refractivity contribution is -0.116. The van der Waals surface area contributed by atoms with Crippen LogP contribution in [0.4, 0.5) is 5.69 Å². The molecular weight excluding hydrogens is 316 g/mol. The highest BCUT2D eigenvalue weighted by Crippen LogP contribution is 2.29. The molecular formula is C16H19BrN2O. The average Bonchev–Trinajstić information content (AvgIpc) is 2.42. The maximum Gasteiger partial charge on any atom is 0.225 e. The molecule has 0 bridgehead atoms. The van der Waals surface area contributed by atoms with Crippen LogP contribution in [0.2, 0.25) is 0 Å². The Kier molecular flexibility index (Phi) is 5.15. The zero-order chi connectivity index (χ0) is 14.5. The topological polar surface area (TPSA) is 41.1 Å². The van der Waals surface area contributed by atoms with Crippen molar-refractivity contribution >= 4 is 38.3 Å². The minimum atomic E-state index is 0.0333. The van der Waals surface area contributed by atoms with Gasteiger partial charge in [-0.1, -0.05) is 47.1 Å². The van der Waals surface area contributed by atoms with E-state index in [1.807, 2.05) is 50.2 Å². The fourth-order valence-corrected chi connectivity index (χ4v) is 2.75. The number of carbonyl (C=O) groups is 1. The maximum absolute atomic E-state index is 12.1. The van der Waals surface area contributed by atoms with E-state index >= 15 is 0 Å². The Labute approximate surface area is 127 Å². The molecule has 1 unspecified atom stereocenters. The fourth-order valence-electron chi connectivity index (χ4n) is 2.27. The van der Waals surface area contributed by atoms with Crippen LogP contribution in [-0.4, -0.2) is 18.5 Å². The Balaban J connectivity index is 2.18. The number of rotatable bonds is 5. The SMILES string of the molecule is CCNC(C)CC(=O)Nc1ccc(Br)c2ccccc12. The van der Waals surface area contributed by atoms with Gasteiger partial charge in [-0.3, -0.25) is 4.79 Å². The van der Waals surface area contributed by atoms with Crippen molar-refractivity contribution in [3.05, 3.63) is 40.9 Å². The highest BCUT2D eigenvalue weighted by molar-refractivity contribution is 9.10. The van der Waals surface area contributed by atoms with Crippen LogP contribution in [-0.2, 0) is 4.79 Å². The van der Waals surface area contributed by atoms with Crippen molar-refractivity contribution in [3.63, 3.8) is 0 Å². The monoisotopic (exact) mass is 334 g/mol. The first-order chi connectivity index (χ1) is 9.61. The molecule has 2 aromatic carbocycles. The van der Waals surface area contributed by atoms with Crippen molar-refractivity contribution in [2.75, 3.05) is 11.9 Å². The third kappa shape index (κ3) is 3.58. The second-order valence-corrected chi connectivity index (χ2v) is 5.71. The highest BCUT2D eigenvalue weighted by Gasteiger charge is 2.10. The first-order valence-corrected chi connectivity index (χ1v) is 7.61. The van der Waals surface area contributed by atoms with E-state index in [0.29, 0.717) is 6.42 Å². The van der Waals surface area contributed by atoms with Gasteiger partial charge in [-0.15, -0.1) is 0 Å². The van der Waals surface area contributed by atoms with Gasteiger partial charge in [-0.25, -0.2) is 0 Å². The van der Waals surface area contributed by atoms with Crippen molar-refractivity contribution in [1.82, 2.24) is 5.32 Å². The minimum absolute atomic E-state index is 0.0333. The summed E-state index contributed by atoms with van der Waals surface area (Å²) in [6.45, 7) is 4.93. The zero-order valence-electron chi connectivity index (χ0n) is 11.7. The molecule has 0 aliphatic heterocycles. The van der Waals surface area contributed by atoms with E-state index in [9.17, 15) is 4.79 Å². The summed E-state index contributed by atoms with van der Waals surface area (Å²) in [6.07, 6.45) is 0.470. The van der Waals surface area contributed by atoms with Crippen molar-refractivity contribution in [2.45, 2.75) is 26.3 Å². The van der Waals surface area contributed by atoms with Crippen molar-refractivity contribution in [3.8, 4) is 0 Å². The predicted molar refractivity (Wildman–Crippen MR) is 88.0 cm³/mol. The van der Waals surface area contributed by atoms with E-state index in [2.05, 4.69) is 26.6 Å². The molecule has 0 saturated heterocycles. The second kappa shape index (κ2) is 6.86. The number of hydrogen-bond acceptors (Lipinski definition) is 2. The van der Waals surface area contributed by atoms with Gasteiger partial charge in [0, 0.05) is 28.0 Å². The van der Waals surface area contributed by atoms with Gasteiger partial charge in [-0.2, -0.15) is 0 Å². The van der Waals surface area contributed by atoms with E-state index < -0.39 is 0 Å². The molecule has 20 heavy (non-hydrogen) atoms.